The van der Waals surface area contributed by atoms with Gasteiger partial charge < -0.3 is 11.5 Å². The Morgan fingerprint density at radius 3 is 2.44 bits per heavy atom. The van der Waals surface area contributed by atoms with Crippen LogP contribution >= 0.6 is 0 Å². The van der Waals surface area contributed by atoms with Gasteiger partial charge in [-0.3, -0.25) is 0 Å². The van der Waals surface area contributed by atoms with Gasteiger partial charge in [-0.15, -0.1) is 0 Å². The Morgan fingerprint density at radius 2 is 1.81 bits per heavy atom. The van der Waals surface area contributed by atoms with Gasteiger partial charge >= 0.3 is 0 Å². The number of nitrogens with zero attached hydrogens (tertiary/aromatic N) is 2. The molecule has 0 atom stereocenters. The van der Waals surface area contributed by atoms with Gasteiger partial charge in [0.2, 0.25) is 16.0 Å². The molecule has 84 valence electrons. The molecule has 0 saturated heterocycles. The first-order valence-corrected chi connectivity index (χ1v) is 5.78. The van der Waals surface area contributed by atoms with Gasteiger partial charge in [0.15, 0.2) is 0 Å². The number of sulfonamides is 1. The lowest BCUT2D eigenvalue weighted by Crippen LogP contribution is -2.12. The van der Waals surface area contributed by atoms with Gasteiger partial charge in [-0.2, -0.15) is 4.98 Å². The second-order valence-corrected chi connectivity index (χ2v) is 4.75. The van der Waals surface area contributed by atoms with Crippen LogP contribution in [0, 0.1) is 0 Å². The number of nitrogens with two attached hydrogens (primary N) is 3. The smallest absolute Gasteiger partial charge is 0.238 e. The van der Waals surface area contributed by atoms with Gasteiger partial charge in [0.05, 0.1) is 10.4 Å². The molecule has 2 aromatic rings. The van der Waals surface area contributed by atoms with Crippen LogP contribution in [0.15, 0.2) is 23.1 Å². The zero-order chi connectivity index (χ0) is 11.9. The number of nitrogen functional groups attached to an aromatic ring is 2. The summed E-state index contributed by atoms with van der Waals surface area (Å²) in [7, 11) is -3.76. The second-order valence-electron chi connectivity index (χ2n) is 3.19. The van der Waals surface area contributed by atoms with E-state index in [0.29, 0.717) is 10.9 Å². The molecule has 0 aliphatic heterocycles. The van der Waals surface area contributed by atoms with E-state index in [0.717, 1.165) is 0 Å². The van der Waals surface area contributed by atoms with Gasteiger partial charge in [-0.25, -0.2) is 18.5 Å². The van der Waals surface area contributed by atoms with Crippen molar-refractivity contribution in [1.29, 1.82) is 0 Å². The standard InChI is InChI=1S/C8H9N5O2S/c9-7-5-3-4(16(11,14)15)1-2-6(5)12-8(10)13-7/h1-3H,(H2,11,14,15)(H4,9,10,12,13). The molecule has 1 heterocycles. The predicted molar refractivity (Wildman–Crippen MR) is 59.7 cm³/mol. The molecule has 0 radical (unpaired) electrons. The molecule has 0 fully saturated rings. The van der Waals surface area contributed by atoms with Crippen LogP contribution in [0.5, 0.6) is 0 Å². The van der Waals surface area contributed by atoms with Crippen molar-refractivity contribution >= 4 is 32.7 Å². The highest BCUT2D eigenvalue weighted by Crippen LogP contribution is 2.21. The molecule has 0 saturated carbocycles. The van der Waals surface area contributed by atoms with E-state index in [9.17, 15) is 8.42 Å². The van der Waals surface area contributed by atoms with Gasteiger partial charge in [0.1, 0.15) is 5.82 Å². The summed E-state index contributed by atoms with van der Waals surface area (Å²) in [4.78, 5) is 7.60. The molecule has 2 rings (SSSR count). The van der Waals surface area contributed by atoms with Gasteiger partial charge in [-0.05, 0) is 18.2 Å². The van der Waals surface area contributed by atoms with Crippen LogP contribution in [-0.4, -0.2) is 18.4 Å². The fourth-order valence-electron chi connectivity index (χ4n) is 1.33. The van der Waals surface area contributed by atoms with Crippen molar-refractivity contribution < 1.29 is 8.42 Å². The molecule has 0 bridgehead atoms. The second kappa shape index (κ2) is 3.29. The molecular formula is C8H9N5O2S. The third-order valence-electron chi connectivity index (χ3n) is 2.04. The summed E-state index contributed by atoms with van der Waals surface area (Å²) in [6.45, 7) is 0. The molecule has 0 spiro atoms. The summed E-state index contributed by atoms with van der Waals surface area (Å²) >= 11 is 0. The molecule has 7 nitrogen and oxygen atoms in total. The van der Waals surface area contributed by atoms with Crippen molar-refractivity contribution in [3.8, 4) is 0 Å². The number of aromatic nitrogens is 2. The van der Waals surface area contributed by atoms with Crippen molar-refractivity contribution in [2.45, 2.75) is 4.90 Å². The lowest BCUT2D eigenvalue weighted by atomic mass is 10.2. The largest absolute Gasteiger partial charge is 0.383 e. The third-order valence-corrected chi connectivity index (χ3v) is 2.95. The Balaban J connectivity index is 2.82. The van der Waals surface area contributed by atoms with E-state index in [2.05, 4.69) is 9.97 Å². The zero-order valence-electron chi connectivity index (χ0n) is 8.08. The monoisotopic (exact) mass is 239 g/mol. The molecule has 0 aliphatic carbocycles. The van der Waals surface area contributed by atoms with E-state index in [1.54, 1.807) is 0 Å². The Kier molecular flexibility index (Phi) is 2.17. The maximum absolute atomic E-state index is 11.1. The van der Waals surface area contributed by atoms with Gasteiger partial charge in [0.25, 0.3) is 0 Å². The van der Waals surface area contributed by atoms with Crippen LogP contribution < -0.4 is 16.6 Å². The molecule has 0 aliphatic rings. The van der Waals surface area contributed by atoms with Gasteiger partial charge in [-0.1, -0.05) is 0 Å². The Bertz CT molecular complexity index is 667. The average molecular weight is 239 g/mol. The number of fused-ring (bicyclic) bond motifs is 1. The number of primary sulfonamides is 1. The van der Waals surface area contributed by atoms with E-state index in [1.807, 2.05) is 0 Å². The number of rotatable bonds is 1. The van der Waals surface area contributed by atoms with Crippen molar-refractivity contribution in [2.24, 2.45) is 5.14 Å². The molecule has 1 aromatic carbocycles. The summed E-state index contributed by atoms with van der Waals surface area (Å²) in [6, 6.07) is 4.13. The fourth-order valence-corrected chi connectivity index (χ4v) is 1.87. The van der Waals surface area contributed by atoms with Crippen LogP contribution in [0.3, 0.4) is 0 Å². The third kappa shape index (κ3) is 1.75. The molecule has 16 heavy (non-hydrogen) atoms. The molecule has 0 unspecified atom stereocenters. The average Bonchev–Trinajstić information content (AvgIpc) is 2.15. The van der Waals surface area contributed by atoms with Crippen LogP contribution in [0.25, 0.3) is 10.9 Å². The first kappa shape index (κ1) is 10.6. The number of hydrogen-bond acceptors (Lipinski definition) is 6. The van der Waals surface area contributed by atoms with E-state index in [1.165, 1.54) is 18.2 Å². The number of anilines is 2. The number of benzene rings is 1. The SMILES string of the molecule is Nc1nc(N)c2cc(S(N)(=O)=O)ccc2n1. The first-order chi connectivity index (χ1) is 7.38. The highest BCUT2D eigenvalue weighted by molar-refractivity contribution is 7.89. The van der Waals surface area contributed by atoms with E-state index < -0.39 is 10.0 Å². The summed E-state index contributed by atoms with van der Waals surface area (Å²) in [5, 5.41) is 5.40. The van der Waals surface area contributed by atoms with Crippen molar-refractivity contribution in [2.75, 3.05) is 11.5 Å². The van der Waals surface area contributed by atoms with E-state index in [-0.39, 0.29) is 16.7 Å². The maximum atomic E-state index is 11.1. The van der Waals surface area contributed by atoms with Crippen molar-refractivity contribution in [3.63, 3.8) is 0 Å². The maximum Gasteiger partial charge on any atom is 0.238 e. The summed E-state index contributed by atoms with van der Waals surface area (Å²) in [5.74, 6) is 0.154. The van der Waals surface area contributed by atoms with Crippen molar-refractivity contribution in [3.05, 3.63) is 18.2 Å². The topological polar surface area (TPSA) is 138 Å². The minimum Gasteiger partial charge on any atom is -0.383 e. The lowest BCUT2D eigenvalue weighted by Gasteiger charge is -2.04. The zero-order valence-corrected chi connectivity index (χ0v) is 8.90. The highest BCUT2D eigenvalue weighted by atomic mass is 32.2. The van der Waals surface area contributed by atoms with Crippen LogP contribution in [-0.2, 0) is 10.0 Å². The normalized spacial score (nSPS) is 11.8. The van der Waals surface area contributed by atoms with Crippen LogP contribution in [0.2, 0.25) is 0 Å². The minimum atomic E-state index is -3.76. The van der Waals surface area contributed by atoms with E-state index >= 15 is 0 Å². The Morgan fingerprint density at radius 1 is 1.12 bits per heavy atom. The summed E-state index contributed by atoms with van der Waals surface area (Å²) in [6.07, 6.45) is 0. The van der Waals surface area contributed by atoms with Crippen LogP contribution in [0.4, 0.5) is 11.8 Å². The van der Waals surface area contributed by atoms with E-state index in [4.69, 9.17) is 16.6 Å². The molecular weight excluding hydrogens is 230 g/mol. The minimum absolute atomic E-state index is 0.0355. The van der Waals surface area contributed by atoms with Gasteiger partial charge in [0, 0.05) is 5.39 Å². The predicted octanol–water partition coefficient (Wildman–Crippen LogP) is -0.558. The lowest BCUT2D eigenvalue weighted by molar-refractivity contribution is 0.598. The summed E-state index contributed by atoms with van der Waals surface area (Å²) < 4.78 is 22.3. The molecule has 1 aromatic heterocycles. The number of hydrogen-bond donors (Lipinski definition) is 3. The quantitative estimate of drug-likeness (QED) is 0.609. The Hall–Kier alpha value is -1.93. The van der Waals surface area contributed by atoms with Crippen LogP contribution in [0.1, 0.15) is 0 Å². The Labute approximate surface area is 91.3 Å². The van der Waals surface area contributed by atoms with Crippen molar-refractivity contribution in [1.82, 2.24) is 9.97 Å². The fraction of sp³-hybridized carbons (Fsp3) is 0. The highest BCUT2D eigenvalue weighted by Gasteiger charge is 2.10. The molecule has 6 N–H and O–H groups in total. The molecule has 0 amide bonds. The first-order valence-electron chi connectivity index (χ1n) is 4.23. The molecule has 8 heteroatoms. The summed E-state index contributed by atoms with van der Waals surface area (Å²) in [5.41, 5.74) is 11.5.